The van der Waals surface area contributed by atoms with Gasteiger partial charge in [0, 0.05) is 0 Å². The standard InChI is InChI=1S/C15H13ClO3/c1-11-6-8-12(9-7-11)18-10-15(17)19-14-5-3-2-4-13(14)16/h2-9H,10H2,1H3. The third kappa shape index (κ3) is 4.00. The van der Waals surface area contributed by atoms with Crippen LogP contribution in [0.2, 0.25) is 5.02 Å². The zero-order valence-corrected chi connectivity index (χ0v) is 11.2. The number of benzene rings is 2. The van der Waals surface area contributed by atoms with Gasteiger partial charge in [-0.3, -0.25) is 0 Å². The predicted octanol–water partition coefficient (Wildman–Crippen LogP) is 3.63. The summed E-state index contributed by atoms with van der Waals surface area (Å²) in [6.45, 7) is 1.82. The molecule has 0 radical (unpaired) electrons. The number of esters is 1. The van der Waals surface area contributed by atoms with Gasteiger partial charge in [0.25, 0.3) is 0 Å². The van der Waals surface area contributed by atoms with Crippen LogP contribution in [0.25, 0.3) is 0 Å². The lowest BCUT2D eigenvalue weighted by molar-refractivity contribution is -0.136. The van der Waals surface area contributed by atoms with Crippen LogP contribution in [-0.2, 0) is 4.79 Å². The molecule has 0 amide bonds. The summed E-state index contributed by atoms with van der Waals surface area (Å²) in [7, 11) is 0. The van der Waals surface area contributed by atoms with Crippen LogP contribution < -0.4 is 9.47 Å². The quantitative estimate of drug-likeness (QED) is 0.632. The number of rotatable bonds is 4. The number of hydrogen-bond donors (Lipinski definition) is 0. The minimum absolute atomic E-state index is 0.158. The lowest BCUT2D eigenvalue weighted by Gasteiger charge is -2.07. The van der Waals surface area contributed by atoms with E-state index >= 15 is 0 Å². The Bertz CT molecular complexity index is 564. The van der Waals surface area contributed by atoms with Crippen LogP contribution in [0.4, 0.5) is 0 Å². The lowest BCUT2D eigenvalue weighted by atomic mass is 10.2. The van der Waals surface area contributed by atoms with Gasteiger partial charge in [-0.1, -0.05) is 41.4 Å². The van der Waals surface area contributed by atoms with Gasteiger partial charge in [-0.15, -0.1) is 0 Å². The summed E-state index contributed by atoms with van der Waals surface area (Å²) in [5.41, 5.74) is 1.13. The highest BCUT2D eigenvalue weighted by molar-refractivity contribution is 6.32. The highest BCUT2D eigenvalue weighted by atomic mass is 35.5. The molecule has 0 atom stereocenters. The van der Waals surface area contributed by atoms with E-state index in [0.717, 1.165) is 5.56 Å². The monoisotopic (exact) mass is 276 g/mol. The van der Waals surface area contributed by atoms with Crippen LogP contribution in [-0.4, -0.2) is 12.6 Å². The first-order valence-corrected chi connectivity index (χ1v) is 6.17. The second kappa shape index (κ2) is 6.25. The molecule has 0 spiro atoms. The number of para-hydroxylation sites is 1. The van der Waals surface area contributed by atoms with E-state index in [1.807, 2.05) is 19.1 Å². The second-order valence-corrected chi connectivity index (χ2v) is 4.41. The molecule has 0 fully saturated rings. The van der Waals surface area contributed by atoms with Crippen LogP contribution in [0.5, 0.6) is 11.5 Å². The average Bonchev–Trinajstić information content (AvgIpc) is 2.41. The van der Waals surface area contributed by atoms with E-state index in [4.69, 9.17) is 21.1 Å². The van der Waals surface area contributed by atoms with Crippen molar-refractivity contribution in [1.29, 1.82) is 0 Å². The van der Waals surface area contributed by atoms with E-state index in [1.54, 1.807) is 36.4 Å². The zero-order chi connectivity index (χ0) is 13.7. The molecule has 0 unspecified atom stereocenters. The SMILES string of the molecule is Cc1ccc(OCC(=O)Oc2ccccc2Cl)cc1. The Morgan fingerprint density at radius 1 is 1.11 bits per heavy atom. The Balaban J connectivity index is 1.88. The van der Waals surface area contributed by atoms with Crippen molar-refractivity contribution < 1.29 is 14.3 Å². The third-order valence-electron chi connectivity index (χ3n) is 2.44. The fourth-order valence-corrected chi connectivity index (χ4v) is 1.63. The number of aryl methyl sites for hydroxylation is 1. The third-order valence-corrected chi connectivity index (χ3v) is 2.75. The molecule has 0 N–H and O–H groups in total. The van der Waals surface area contributed by atoms with E-state index < -0.39 is 5.97 Å². The van der Waals surface area contributed by atoms with Crippen LogP contribution in [0, 0.1) is 6.92 Å². The lowest BCUT2D eigenvalue weighted by Crippen LogP contribution is -2.17. The molecule has 2 aromatic rings. The van der Waals surface area contributed by atoms with Crippen molar-refractivity contribution in [3.63, 3.8) is 0 Å². The molecule has 19 heavy (non-hydrogen) atoms. The smallest absolute Gasteiger partial charge is 0.349 e. The van der Waals surface area contributed by atoms with Gasteiger partial charge < -0.3 is 9.47 Å². The Labute approximate surface area is 116 Å². The van der Waals surface area contributed by atoms with Crippen molar-refractivity contribution in [2.75, 3.05) is 6.61 Å². The van der Waals surface area contributed by atoms with Gasteiger partial charge in [-0.05, 0) is 31.2 Å². The number of halogens is 1. The molecule has 0 heterocycles. The maximum Gasteiger partial charge on any atom is 0.349 e. The first-order chi connectivity index (χ1) is 9.15. The van der Waals surface area contributed by atoms with Crippen LogP contribution >= 0.6 is 11.6 Å². The molecular weight excluding hydrogens is 264 g/mol. The van der Waals surface area contributed by atoms with Gasteiger partial charge in [0.05, 0.1) is 5.02 Å². The van der Waals surface area contributed by atoms with Gasteiger partial charge in [-0.25, -0.2) is 4.79 Å². The number of carbonyl (C=O) groups is 1. The maximum atomic E-state index is 11.6. The molecule has 2 aromatic carbocycles. The molecule has 0 bridgehead atoms. The van der Waals surface area contributed by atoms with Crippen molar-refractivity contribution in [1.82, 2.24) is 0 Å². The highest BCUT2D eigenvalue weighted by Crippen LogP contribution is 2.23. The van der Waals surface area contributed by atoms with Gasteiger partial charge >= 0.3 is 5.97 Å². The number of hydrogen-bond acceptors (Lipinski definition) is 3. The Morgan fingerprint density at radius 2 is 1.79 bits per heavy atom. The van der Waals surface area contributed by atoms with Gasteiger partial charge in [-0.2, -0.15) is 0 Å². The topological polar surface area (TPSA) is 35.5 Å². The van der Waals surface area contributed by atoms with Crippen LogP contribution in [0.1, 0.15) is 5.56 Å². The van der Waals surface area contributed by atoms with Gasteiger partial charge in [0.15, 0.2) is 6.61 Å². The largest absolute Gasteiger partial charge is 0.482 e. The summed E-state index contributed by atoms with van der Waals surface area (Å²) in [5.74, 6) is 0.469. The van der Waals surface area contributed by atoms with Gasteiger partial charge in [0.2, 0.25) is 0 Å². The molecule has 98 valence electrons. The van der Waals surface area contributed by atoms with Gasteiger partial charge in [0.1, 0.15) is 11.5 Å². The normalized spacial score (nSPS) is 10.0. The molecule has 3 nitrogen and oxygen atoms in total. The van der Waals surface area contributed by atoms with Crippen molar-refractivity contribution in [3.8, 4) is 11.5 Å². The molecule has 0 aliphatic carbocycles. The Hall–Kier alpha value is -2.00. The maximum absolute atomic E-state index is 11.6. The molecule has 0 aliphatic rings. The van der Waals surface area contributed by atoms with E-state index in [0.29, 0.717) is 16.5 Å². The fraction of sp³-hybridized carbons (Fsp3) is 0.133. The molecule has 2 rings (SSSR count). The van der Waals surface area contributed by atoms with E-state index in [9.17, 15) is 4.79 Å². The van der Waals surface area contributed by atoms with E-state index in [-0.39, 0.29) is 6.61 Å². The van der Waals surface area contributed by atoms with E-state index in [1.165, 1.54) is 0 Å². The highest BCUT2D eigenvalue weighted by Gasteiger charge is 2.08. The summed E-state index contributed by atoms with van der Waals surface area (Å²) < 4.78 is 10.4. The zero-order valence-electron chi connectivity index (χ0n) is 10.4. The Kier molecular flexibility index (Phi) is 4.42. The van der Waals surface area contributed by atoms with Crippen molar-refractivity contribution in [3.05, 3.63) is 59.1 Å². The molecule has 0 aliphatic heterocycles. The summed E-state index contributed by atoms with van der Waals surface area (Å²) >= 11 is 5.88. The predicted molar refractivity (Wildman–Crippen MR) is 73.8 cm³/mol. The van der Waals surface area contributed by atoms with Crippen LogP contribution in [0.15, 0.2) is 48.5 Å². The first-order valence-electron chi connectivity index (χ1n) is 5.80. The Morgan fingerprint density at radius 3 is 2.47 bits per heavy atom. The first kappa shape index (κ1) is 13.4. The van der Waals surface area contributed by atoms with Crippen molar-refractivity contribution in [2.24, 2.45) is 0 Å². The summed E-state index contributed by atoms with van der Waals surface area (Å²) in [4.78, 5) is 11.6. The average molecular weight is 277 g/mol. The molecule has 0 saturated carbocycles. The van der Waals surface area contributed by atoms with Crippen molar-refractivity contribution in [2.45, 2.75) is 6.92 Å². The fourth-order valence-electron chi connectivity index (χ4n) is 1.46. The van der Waals surface area contributed by atoms with E-state index in [2.05, 4.69) is 0 Å². The second-order valence-electron chi connectivity index (χ2n) is 4.01. The molecule has 0 saturated heterocycles. The summed E-state index contributed by atoms with van der Waals surface area (Å²) in [5, 5.41) is 0.395. The molecule has 4 heteroatoms. The van der Waals surface area contributed by atoms with Crippen molar-refractivity contribution >= 4 is 17.6 Å². The number of ether oxygens (including phenoxy) is 2. The van der Waals surface area contributed by atoms with Crippen LogP contribution in [0.3, 0.4) is 0 Å². The summed E-state index contributed by atoms with van der Waals surface area (Å²) in [6.07, 6.45) is 0. The minimum atomic E-state index is -0.492. The molecular formula is C15H13ClO3. The summed E-state index contributed by atoms with van der Waals surface area (Å²) in [6, 6.07) is 14.2. The molecule has 0 aromatic heterocycles. The minimum Gasteiger partial charge on any atom is -0.482 e. The number of carbonyl (C=O) groups excluding carboxylic acids is 1.